The van der Waals surface area contributed by atoms with Crippen LogP contribution in [0.3, 0.4) is 0 Å². The highest BCUT2D eigenvalue weighted by Gasteiger charge is 2.26. The molecule has 2 atom stereocenters. The highest BCUT2D eigenvalue weighted by atomic mass is 16.5. The van der Waals surface area contributed by atoms with Crippen molar-refractivity contribution in [2.75, 3.05) is 13.2 Å². The summed E-state index contributed by atoms with van der Waals surface area (Å²) in [5.41, 5.74) is 9.74. The smallest absolute Gasteiger partial charge is 0.0865 e. The van der Waals surface area contributed by atoms with Crippen molar-refractivity contribution in [3.8, 4) is 0 Å². The van der Waals surface area contributed by atoms with E-state index in [1.165, 1.54) is 23.1 Å². The Bertz CT molecular complexity index is 342. The van der Waals surface area contributed by atoms with E-state index in [4.69, 9.17) is 10.5 Å². The quantitative estimate of drug-likeness (QED) is 0.830. The first-order valence-electron chi connectivity index (χ1n) is 6.10. The van der Waals surface area contributed by atoms with Crippen LogP contribution in [0.2, 0.25) is 0 Å². The maximum Gasteiger partial charge on any atom is 0.0865 e. The van der Waals surface area contributed by atoms with Gasteiger partial charge in [0.1, 0.15) is 0 Å². The molecule has 1 aliphatic heterocycles. The molecule has 1 aromatic rings. The molecule has 0 radical (unpaired) electrons. The number of nitrogens with two attached hydrogens (primary N) is 1. The van der Waals surface area contributed by atoms with Crippen LogP contribution in [0.25, 0.3) is 0 Å². The molecule has 0 saturated carbocycles. The van der Waals surface area contributed by atoms with Gasteiger partial charge in [0.15, 0.2) is 0 Å². The van der Waals surface area contributed by atoms with E-state index in [0.29, 0.717) is 5.92 Å². The second kappa shape index (κ2) is 4.98. The van der Waals surface area contributed by atoms with Gasteiger partial charge in [0.05, 0.1) is 6.10 Å². The standard InChI is InChI=1S/C14H21NO/c1-10-6-11(2)8-13(7-10)14-12(9-15)4-3-5-16-14/h6-8,12,14H,3-5,9,15H2,1-2H3. The molecule has 1 heterocycles. The normalized spacial score (nSPS) is 25.7. The lowest BCUT2D eigenvalue weighted by atomic mass is 9.88. The van der Waals surface area contributed by atoms with Crippen LogP contribution in [0.5, 0.6) is 0 Å². The minimum Gasteiger partial charge on any atom is -0.373 e. The zero-order chi connectivity index (χ0) is 11.5. The Hall–Kier alpha value is -0.860. The van der Waals surface area contributed by atoms with E-state index in [9.17, 15) is 0 Å². The molecule has 2 N–H and O–H groups in total. The second-order valence-electron chi connectivity index (χ2n) is 4.85. The molecule has 0 bridgehead atoms. The van der Waals surface area contributed by atoms with E-state index in [0.717, 1.165) is 19.6 Å². The highest BCUT2D eigenvalue weighted by Crippen LogP contribution is 2.33. The Morgan fingerprint density at radius 1 is 1.25 bits per heavy atom. The van der Waals surface area contributed by atoms with Gasteiger partial charge in [-0.05, 0) is 38.8 Å². The van der Waals surface area contributed by atoms with Crippen LogP contribution in [0.1, 0.15) is 35.6 Å². The number of ether oxygens (including phenoxy) is 1. The second-order valence-corrected chi connectivity index (χ2v) is 4.85. The summed E-state index contributed by atoms with van der Waals surface area (Å²) in [6.45, 7) is 5.86. The third-order valence-electron chi connectivity index (χ3n) is 3.32. The summed E-state index contributed by atoms with van der Waals surface area (Å²) in [6, 6.07) is 6.65. The lowest BCUT2D eigenvalue weighted by Gasteiger charge is -2.31. The first kappa shape index (κ1) is 11.6. The minimum atomic E-state index is 0.206. The highest BCUT2D eigenvalue weighted by molar-refractivity contribution is 5.30. The molecular formula is C14H21NO. The van der Waals surface area contributed by atoms with Crippen molar-refractivity contribution in [2.45, 2.75) is 32.8 Å². The van der Waals surface area contributed by atoms with E-state index < -0.39 is 0 Å². The van der Waals surface area contributed by atoms with Crippen molar-refractivity contribution in [1.29, 1.82) is 0 Å². The monoisotopic (exact) mass is 219 g/mol. The van der Waals surface area contributed by atoms with Crippen LogP contribution in [0.15, 0.2) is 18.2 Å². The third-order valence-corrected chi connectivity index (χ3v) is 3.32. The molecule has 1 aliphatic rings. The molecule has 2 nitrogen and oxygen atoms in total. The van der Waals surface area contributed by atoms with Crippen LogP contribution in [0, 0.1) is 19.8 Å². The number of benzene rings is 1. The van der Waals surface area contributed by atoms with Crippen molar-refractivity contribution in [3.05, 3.63) is 34.9 Å². The van der Waals surface area contributed by atoms with Crippen LogP contribution < -0.4 is 5.73 Å². The fourth-order valence-electron chi connectivity index (χ4n) is 2.63. The van der Waals surface area contributed by atoms with Gasteiger partial charge in [-0.25, -0.2) is 0 Å². The van der Waals surface area contributed by atoms with Crippen LogP contribution >= 0.6 is 0 Å². The Morgan fingerprint density at radius 2 is 1.94 bits per heavy atom. The first-order valence-corrected chi connectivity index (χ1v) is 6.10. The fourth-order valence-corrected chi connectivity index (χ4v) is 2.63. The maximum absolute atomic E-state index is 5.90. The Balaban J connectivity index is 2.26. The summed E-state index contributed by atoms with van der Waals surface area (Å²) in [5, 5.41) is 0. The molecule has 0 aromatic heterocycles. The van der Waals surface area contributed by atoms with Gasteiger partial charge in [0.25, 0.3) is 0 Å². The van der Waals surface area contributed by atoms with Crippen molar-refractivity contribution in [2.24, 2.45) is 11.7 Å². The van der Waals surface area contributed by atoms with Crippen LogP contribution in [-0.4, -0.2) is 13.2 Å². The SMILES string of the molecule is Cc1cc(C)cc(C2OCCCC2CN)c1. The molecule has 2 unspecified atom stereocenters. The van der Waals surface area contributed by atoms with Gasteiger partial charge < -0.3 is 10.5 Å². The van der Waals surface area contributed by atoms with Crippen molar-refractivity contribution < 1.29 is 4.74 Å². The molecule has 0 aliphatic carbocycles. The Labute approximate surface area is 97.8 Å². The Morgan fingerprint density at radius 3 is 2.56 bits per heavy atom. The minimum absolute atomic E-state index is 0.206. The third kappa shape index (κ3) is 2.45. The average Bonchev–Trinajstić information content (AvgIpc) is 2.27. The summed E-state index contributed by atoms with van der Waals surface area (Å²) in [6.07, 6.45) is 2.54. The molecule has 1 fully saturated rings. The maximum atomic E-state index is 5.90. The molecule has 2 rings (SSSR count). The lowest BCUT2D eigenvalue weighted by Crippen LogP contribution is -2.28. The molecule has 88 valence electrons. The van der Waals surface area contributed by atoms with E-state index in [1.54, 1.807) is 0 Å². The van der Waals surface area contributed by atoms with Gasteiger partial charge in [-0.1, -0.05) is 29.3 Å². The topological polar surface area (TPSA) is 35.2 Å². The zero-order valence-corrected chi connectivity index (χ0v) is 10.2. The van der Waals surface area contributed by atoms with Gasteiger partial charge in [0.2, 0.25) is 0 Å². The van der Waals surface area contributed by atoms with Gasteiger partial charge in [-0.15, -0.1) is 0 Å². The lowest BCUT2D eigenvalue weighted by molar-refractivity contribution is -0.0252. The van der Waals surface area contributed by atoms with Gasteiger partial charge in [-0.2, -0.15) is 0 Å². The van der Waals surface area contributed by atoms with Gasteiger partial charge in [0, 0.05) is 12.5 Å². The predicted molar refractivity (Wildman–Crippen MR) is 66.4 cm³/mol. The molecule has 16 heavy (non-hydrogen) atoms. The van der Waals surface area contributed by atoms with Crippen molar-refractivity contribution in [1.82, 2.24) is 0 Å². The Kier molecular flexibility index (Phi) is 3.62. The van der Waals surface area contributed by atoms with Gasteiger partial charge in [-0.3, -0.25) is 0 Å². The summed E-state index contributed by atoms with van der Waals surface area (Å²) >= 11 is 0. The number of rotatable bonds is 2. The largest absolute Gasteiger partial charge is 0.373 e. The van der Waals surface area contributed by atoms with Gasteiger partial charge >= 0.3 is 0 Å². The van der Waals surface area contributed by atoms with E-state index in [2.05, 4.69) is 32.0 Å². The van der Waals surface area contributed by atoms with E-state index >= 15 is 0 Å². The van der Waals surface area contributed by atoms with Crippen molar-refractivity contribution >= 4 is 0 Å². The van der Waals surface area contributed by atoms with E-state index in [1.807, 2.05) is 0 Å². The fraction of sp³-hybridized carbons (Fsp3) is 0.571. The molecule has 2 heteroatoms. The van der Waals surface area contributed by atoms with Crippen LogP contribution in [0.4, 0.5) is 0 Å². The van der Waals surface area contributed by atoms with Crippen molar-refractivity contribution in [3.63, 3.8) is 0 Å². The summed E-state index contributed by atoms with van der Waals surface area (Å²) < 4.78 is 5.90. The first-order chi connectivity index (χ1) is 7.70. The molecule has 1 saturated heterocycles. The van der Waals surface area contributed by atoms with E-state index in [-0.39, 0.29) is 6.10 Å². The molecule has 0 amide bonds. The van der Waals surface area contributed by atoms with Crippen LogP contribution in [-0.2, 0) is 4.74 Å². The number of aryl methyl sites for hydroxylation is 2. The molecule has 1 aromatic carbocycles. The zero-order valence-electron chi connectivity index (χ0n) is 10.2. The average molecular weight is 219 g/mol. The number of hydrogen-bond donors (Lipinski definition) is 1. The predicted octanol–water partition coefficient (Wildman–Crippen LogP) is 2.73. The summed E-state index contributed by atoms with van der Waals surface area (Å²) in [7, 11) is 0. The molecule has 0 spiro atoms. The molecular weight excluding hydrogens is 198 g/mol. The summed E-state index contributed by atoms with van der Waals surface area (Å²) in [4.78, 5) is 0. The summed E-state index contributed by atoms with van der Waals surface area (Å²) in [5.74, 6) is 0.481. The number of hydrogen-bond acceptors (Lipinski definition) is 2.